The highest BCUT2D eigenvalue weighted by molar-refractivity contribution is 6.44. The van der Waals surface area contributed by atoms with Gasteiger partial charge in [-0.25, -0.2) is 4.68 Å². The summed E-state index contributed by atoms with van der Waals surface area (Å²) >= 11 is 6.17. The minimum absolute atomic E-state index is 0.106. The highest BCUT2D eigenvalue weighted by Crippen LogP contribution is 2.31. The average molecular weight is 494 g/mol. The molecule has 8 nitrogen and oxygen atoms in total. The molecule has 180 valence electrons. The summed E-state index contributed by atoms with van der Waals surface area (Å²) in [7, 11) is 0. The number of aromatic amines is 1. The fourth-order valence-corrected chi connectivity index (χ4v) is 4.89. The normalized spacial score (nSPS) is 18.2. The van der Waals surface area contributed by atoms with Gasteiger partial charge in [0.25, 0.3) is 17.2 Å². The monoisotopic (exact) mass is 493 g/mol. The number of carbonyl (C=O) groups is 2. The zero-order chi connectivity index (χ0) is 24.5. The van der Waals surface area contributed by atoms with Crippen LogP contribution in [-0.4, -0.2) is 45.8 Å². The first-order valence-corrected chi connectivity index (χ1v) is 12.2. The van der Waals surface area contributed by atoms with E-state index in [1.807, 2.05) is 13.0 Å². The number of H-pyrrole nitrogens is 1. The molecule has 5 rings (SSSR count). The number of halogens is 1. The van der Waals surface area contributed by atoms with E-state index in [2.05, 4.69) is 5.10 Å². The topological polar surface area (TPSA) is 88.3 Å². The zero-order valence-corrected chi connectivity index (χ0v) is 20.1. The van der Waals surface area contributed by atoms with E-state index in [0.717, 1.165) is 19.3 Å². The molecular weight excluding hydrogens is 468 g/mol. The van der Waals surface area contributed by atoms with Gasteiger partial charge in [-0.15, -0.1) is 0 Å². The molecule has 0 bridgehead atoms. The van der Waals surface area contributed by atoms with Gasteiger partial charge < -0.3 is 4.74 Å². The molecule has 0 spiro atoms. The fourth-order valence-electron chi connectivity index (χ4n) is 4.70. The smallest absolute Gasteiger partial charge is 0.327 e. The van der Waals surface area contributed by atoms with Gasteiger partial charge in [0.2, 0.25) is 0 Å². The molecule has 2 amide bonds. The number of carbonyl (C=O) groups excluding carboxylic acids is 2. The second-order valence-electron chi connectivity index (χ2n) is 8.70. The van der Waals surface area contributed by atoms with Crippen molar-refractivity contribution in [3.8, 4) is 5.69 Å². The fraction of sp³-hybridized carbons (Fsp3) is 0.308. The van der Waals surface area contributed by atoms with Crippen molar-refractivity contribution in [1.29, 1.82) is 0 Å². The quantitative estimate of drug-likeness (QED) is 0.405. The van der Waals surface area contributed by atoms with Gasteiger partial charge >= 0.3 is 5.91 Å². The van der Waals surface area contributed by atoms with Crippen LogP contribution in [0.1, 0.15) is 37.4 Å². The van der Waals surface area contributed by atoms with E-state index in [0.29, 0.717) is 29.4 Å². The van der Waals surface area contributed by atoms with Gasteiger partial charge in [-0.3, -0.25) is 24.4 Å². The van der Waals surface area contributed by atoms with E-state index >= 15 is 0 Å². The van der Waals surface area contributed by atoms with E-state index in [1.54, 1.807) is 53.4 Å². The molecule has 9 heteroatoms. The Morgan fingerprint density at radius 1 is 1.11 bits per heavy atom. The van der Waals surface area contributed by atoms with Crippen molar-refractivity contribution >= 4 is 34.7 Å². The summed E-state index contributed by atoms with van der Waals surface area (Å²) in [6.45, 7) is 2.77. The van der Waals surface area contributed by atoms with E-state index < -0.39 is 17.4 Å². The minimum atomic E-state index is -0.483. The van der Waals surface area contributed by atoms with Crippen LogP contribution in [0.15, 0.2) is 59.7 Å². The number of nitrogens with one attached hydrogen (secondary N) is 1. The molecule has 3 aromatic rings. The Labute approximate surface area is 207 Å². The van der Waals surface area contributed by atoms with E-state index in [-0.39, 0.29) is 29.5 Å². The molecule has 0 saturated carbocycles. The molecule has 35 heavy (non-hydrogen) atoms. The third-order valence-corrected chi connectivity index (χ3v) is 6.54. The molecule has 2 aliphatic rings. The maximum Gasteiger partial charge on any atom is 0.327 e. The van der Waals surface area contributed by atoms with Gasteiger partial charge in [0, 0.05) is 29.5 Å². The van der Waals surface area contributed by atoms with Gasteiger partial charge in [0.05, 0.1) is 23.9 Å². The standard InChI is InChI=1S/C26H25ClN4O4/c1-2-8-20-21(25(33)31(28-20)18-10-6-9-17(27)15-18)22-23(29-12-4-3-5-13-29)26(34)30(24(22)32)16-19-11-7-14-35-19/h3-6,9-10,12-13,15,19H,2,7-8,11,14,16H2,1H3/p+1. The van der Waals surface area contributed by atoms with E-state index in [9.17, 15) is 14.4 Å². The Balaban J connectivity index is 1.70. The van der Waals surface area contributed by atoms with Crippen LogP contribution in [0.25, 0.3) is 17.0 Å². The first kappa shape index (κ1) is 23.3. The Morgan fingerprint density at radius 3 is 2.60 bits per heavy atom. The largest absolute Gasteiger partial charge is 0.376 e. The second-order valence-corrected chi connectivity index (χ2v) is 9.13. The van der Waals surface area contributed by atoms with Crippen LogP contribution in [0, 0.1) is 0 Å². The summed E-state index contributed by atoms with van der Waals surface area (Å²) in [6.07, 6.45) is 6.16. The van der Waals surface area contributed by atoms with Crippen LogP contribution in [0.4, 0.5) is 0 Å². The Morgan fingerprint density at radius 2 is 1.91 bits per heavy atom. The molecular formula is C26H26ClN4O4+. The van der Waals surface area contributed by atoms with E-state index in [1.165, 1.54) is 9.58 Å². The van der Waals surface area contributed by atoms with Crippen LogP contribution in [0.5, 0.6) is 0 Å². The second kappa shape index (κ2) is 9.64. The SMILES string of the molecule is CCCc1[nH]n(-c2cccc(Cl)c2)c(=O)c1C1=C([n+]2ccccc2)C(=O)N(CC2CCCO2)C1=O. The van der Waals surface area contributed by atoms with Gasteiger partial charge in [0.1, 0.15) is 5.57 Å². The van der Waals surface area contributed by atoms with Gasteiger partial charge in [-0.2, -0.15) is 4.57 Å². The first-order chi connectivity index (χ1) is 17.0. The summed E-state index contributed by atoms with van der Waals surface area (Å²) in [6, 6.07) is 12.3. The predicted molar refractivity (Wildman–Crippen MR) is 131 cm³/mol. The number of imide groups is 1. The van der Waals surface area contributed by atoms with E-state index in [4.69, 9.17) is 16.3 Å². The minimum Gasteiger partial charge on any atom is -0.376 e. The van der Waals surface area contributed by atoms with Crippen LogP contribution in [-0.2, 0) is 20.7 Å². The zero-order valence-electron chi connectivity index (χ0n) is 19.4. The number of pyridine rings is 1. The van der Waals surface area contributed by atoms with Crippen molar-refractivity contribution in [2.45, 2.75) is 38.7 Å². The number of aryl methyl sites for hydroxylation is 1. The number of aromatic nitrogens is 3. The van der Waals surface area contributed by atoms with Crippen LogP contribution >= 0.6 is 11.6 Å². The third-order valence-electron chi connectivity index (χ3n) is 6.31. The number of ether oxygens (including phenoxy) is 1. The molecule has 0 radical (unpaired) electrons. The Bertz CT molecular complexity index is 1370. The molecule has 0 aliphatic carbocycles. The molecule has 2 aromatic heterocycles. The number of rotatable bonds is 7. The lowest BCUT2D eigenvalue weighted by Crippen LogP contribution is -2.42. The van der Waals surface area contributed by atoms with Gasteiger partial charge in [-0.1, -0.05) is 37.1 Å². The highest BCUT2D eigenvalue weighted by Gasteiger charge is 2.48. The molecule has 1 saturated heterocycles. The Kier molecular flexibility index (Phi) is 6.40. The molecule has 1 atom stereocenters. The van der Waals surface area contributed by atoms with Crippen molar-refractivity contribution < 1.29 is 18.9 Å². The lowest BCUT2D eigenvalue weighted by atomic mass is 10.0. The van der Waals surface area contributed by atoms with Crippen molar-refractivity contribution in [2.24, 2.45) is 0 Å². The van der Waals surface area contributed by atoms with Crippen molar-refractivity contribution in [3.63, 3.8) is 0 Å². The van der Waals surface area contributed by atoms with Crippen molar-refractivity contribution in [2.75, 3.05) is 13.2 Å². The number of hydrogen-bond acceptors (Lipinski definition) is 4. The third kappa shape index (κ3) is 4.24. The molecule has 1 fully saturated rings. The highest BCUT2D eigenvalue weighted by atomic mass is 35.5. The van der Waals surface area contributed by atoms with Gasteiger partial charge in [-0.05, 0) is 37.5 Å². The lowest BCUT2D eigenvalue weighted by molar-refractivity contribution is -0.576. The summed E-state index contributed by atoms with van der Waals surface area (Å²) in [5.74, 6) is -0.919. The number of benzene rings is 1. The van der Waals surface area contributed by atoms with Crippen LogP contribution in [0.3, 0.4) is 0 Å². The summed E-state index contributed by atoms with van der Waals surface area (Å²) < 4.78 is 8.69. The number of hydrogen-bond donors (Lipinski definition) is 1. The summed E-state index contributed by atoms with van der Waals surface area (Å²) in [5, 5.41) is 3.65. The molecule has 1 N–H and O–H groups in total. The number of nitrogens with zero attached hydrogens (tertiary/aromatic N) is 3. The number of amides is 2. The average Bonchev–Trinajstić information content (AvgIpc) is 3.54. The maximum absolute atomic E-state index is 13.8. The Hall–Kier alpha value is -3.49. The molecule has 2 aliphatic heterocycles. The van der Waals surface area contributed by atoms with Crippen LogP contribution < -0.4 is 10.1 Å². The molecule has 1 unspecified atom stereocenters. The predicted octanol–water partition coefficient (Wildman–Crippen LogP) is 2.98. The van der Waals surface area contributed by atoms with Crippen LogP contribution in [0.2, 0.25) is 5.02 Å². The maximum atomic E-state index is 13.8. The lowest BCUT2D eigenvalue weighted by Gasteiger charge is -2.18. The molecule has 1 aromatic carbocycles. The molecule has 4 heterocycles. The van der Waals surface area contributed by atoms with Gasteiger partial charge in [0.15, 0.2) is 12.4 Å². The summed E-state index contributed by atoms with van der Waals surface area (Å²) in [5.41, 5.74) is 1.23. The summed E-state index contributed by atoms with van der Waals surface area (Å²) in [4.78, 5) is 42.4. The first-order valence-electron chi connectivity index (χ1n) is 11.8. The van der Waals surface area contributed by atoms with Crippen molar-refractivity contribution in [1.82, 2.24) is 14.7 Å². The van der Waals surface area contributed by atoms with Crippen molar-refractivity contribution in [3.05, 3.63) is 81.5 Å².